The number of halogens is 2. The molecule has 4 atom stereocenters. The minimum Gasteiger partial charge on any atom is -0.493 e. The van der Waals surface area contributed by atoms with Crippen LogP contribution in [0.4, 0.5) is 5.69 Å². The Morgan fingerprint density at radius 2 is 1.97 bits per heavy atom. The summed E-state index contributed by atoms with van der Waals surface area (Å²) in [5.41, 5.74) is 1.62. The lowest BCUT2D eigenvalue weighted by atomic mass is 9.77. The Hall–Kier alpha value is -3.14. The molecule has 0 aromatic heterocycles. The predicted octanol–water partition coefficient (Wildman–Crippen LogP) is 5.74. The number of anilines is 1. The smallest absolute Gasteiger partial charge is 0.256 e. The highest BCUT2D eigenvalue weighted by molar-refractivity contribution is 9.10. The third kappa shape index (κ3) is 3.71. The van der Waals surface area contributed by atoms with Crippen LogP contribution in [-0.2, 0) is 16.9 Å². The minimum absolute atomic E-state index is 0.167. The number of rotatable bonds is 6. The number of ether oxygens (including phenoxy) is 2. The van der Waals surface area contributed by atoms with Gasteiger partial charge in [-0.2, -0.15) is 0 Å². The highest BCUT2D eigenvalue weighted by Gasteiger charge is 2.73. The van der Waals surface area contributed by atoms with Crippen molar-refractivity contribution in [1.82, 2.24) is 4.90 Å². The van der Waals surface area contributed by atoms with Gasteiger partial charge < -0.3 is 14.8 Å². The lowest BCUT2D eigenvalue weighted by molar-refractivity contribution is -0.534. The van der Waals surface area contributed by atoms with Gasteiger partial charge in [0.2, 0.25) is 0 Å². The molecule has 2 saturated heterocycles. The molecule has 0 unspecified atom stereocenters. The van der Waals surface area contributed by atoms with E-state index in [1.807, 2.05) is 48.5 Å². The van der Waals surface area contributed by atoms with Crippen LogP contribution in [0, 0.1) is 10.1 Å². The van der Waals surface area contributed by atoms with Crippen molar-refractivity contribution < 1.29 is 19.2 Å². The van der Waals surface area contributed by atoms with Gasteiger partial charge in [0.15, 0.2) is 17.0 Å². The Morgan fingerprint density at radius 3 is 2.71 bits per heavy atom. The van der Waals surface area contributed by atoms with Crippen molar-refractivity contribution in [3.63, 3.8) is 0 Å². The van der Waals surface area contributed by atoms with Gasteiger partial charge in [-0.05, 0) is 70.2 Å². The number of carbonyl (C=O) groups is 1. The summed E-state index contributed by atoms with van der Waals surface area (Å²) in [4.78, 5) is 28.3. The molecule has 196 valence electrons. The molecule has 0 aliphatic carbocycles. The van der Waals surface area contributed by atoms with Crippen molar-refractivity contribution in [3.05, 3.63) is 97.0 Å². The minimum atomic E-state index is -1.37. The summed E-state index contributed by atoms with van der Waals surface area (Å²) in [6, 6.07) is 17.0. The largest absolute Gasteiger partial charge is 0.493 e. The van der Waals surface area contributed by atoms with Crippen molar-refractivity contribution in [2.75, 3.05) is 19.0 Å². The van der Waals surface area contributed by atoms with Gasteiger partial charge in [-0.15, -0.1) is 0 Å². The zero-order chi connectivity index (χ0) is 26.6. The van der Waals surface area contributed by atoms with Crippen LogP contribution in [0.2, 0.25) is 5.02 Å². The lowest BCUT2D eigenvalue weighted by Gasteiger charge is -2.32. The average molecular weight is 599 g/mol. The number of carbonyl (C=O) groups excluding carboxylic acids is 1. The topological polar surface area (TPSA) is 93.9 Å². The molecule has 10 heteroatoms. The molecule has 1 amide bonds. The second-order valence-corrected chi connectivity index (χ2v) is 11.2. The number of amides is 1. The van der Waals surface area contributed by atoms with Crippen LogP contribution in [0.3, 0.4) is 0 Å². The molecule has 3 aliphatic rings. The first-order valence-corrected chi connectivity index (χ1v) is 13.6. The van der Waals surface area contributed by atoms with E-state index in [0.717, 1.165) is 24.0 Å². The fourth-order valence-corrected chi connectivity index (χ4v) is 7.28. The van der Waals surface area contributed by atoms with Crippen LogP contribution in [0.25, 0.3) is 0 Å². The Kier molecular flexibility index (Phi) is 6.32. The van der Waals surface area contributed by atoms with E-state index in [9.17, 15) is 14.9 Å². The number of hydrogen-bond acceptors (Lipinski definition) is 6. The van der Waals surface area contributed by atoms with Crippen LogP contribution in [0.5, 0.6) is 11.5 Å². The van der Waals surface area contributed by atoms with Crippen molar-refractivity contribution in [3.8, 4) is 11.5 Å². The number of benzene rings is 3. The van der Waals surface area contributed by atoms with E-state index in [4.69, 9.17) is 21.1 Å². The van der Waals surface area contributed by atoms with E-state index in [1.54, 1.807) is 19.2 Å². The van der Waals surface area contributed by atoms with Gasteiger partial charge in [-0.1, -0.05) is 41.9 Å². The van der Waals surface area contributed by atoms with E-state index in [1.165, 1.54) is 0 Å². The Balaban J connectivity index is 1.42. The van der Waals surface area contributed by atoms with Gasteiger partial charge in [0, 0.05) is 33.8 Å². The van der Waals surface area contributed by atoms with Crippen LogP contribution in [0.15, 0.2) is 65.1 Å². The summed E-state index contributed by atoms with van der Waals surface area (Å²) >= 11 is 9.62. The average Bonchev–Trinajstić information content (AvgIpc) is 3.57. The van der Waals surface area contributed by atoms with E-state index in [-0.39, 0.29) is 16.9 Å². The van der Waals surface area contributed by atoms with Crippen molar-refractivity contribution in [2.24, 2.45) is 0 Å². The third-order valence-electron chi connectivity index (χ3n) is 8.03. The highest BCUT2D eigenvalue weighted by atomic mass is 79.9. The maximum atomic E-state index is 13.7. The summed E-state index contributed by atoms with van der Waals surface area (Å²) in [7, 11) is 1.55. The van der Waals surface area contributed by atoms with Gasteiger partial charge in [0.25, 0.3) is 11.9 Å². The highest BCUT2D eigenvalue weighted by Crippen LogP contribution is 2.58. The molecule has 3 heterocycles. The van der Waals surface area contributed by atoms with Gasteiger partial charge in [-0.25, -0.2) is 0 Å². The zero-order valence-corrected chi connectivity index (χ0v) is 22.9. The molecule has 1 N–H and O–H groups in total. The van der Waals surface area contributed by atoms with Gasteiger partial charge in [0.05, 0.1) is 17.5 Å². The maximum absolute atomic E-state index is 13.7. The predicted molar refractivity (Wildman–Crippen MR) is 146 cm³/mol. The fraction of sp³-hybridized carbons (Fsp3) is 0.321. The molecule has 8 nitrogen and oxygen atoms in total. The Labute approximate surface area is 233 Å². The summed E-state index contributed by atoms with van der Waals surface area (Å²) in [6.45, 7) is 0.913. The summed E-state index contributed by atoms with van der Waals surface area (Å²) in [5, 5.41) is 16.4. The molecular formula is C28H25BrClN3O5. The Morgan fingerprint density at radius 1 is 1.21 bits per heavy atom. The quantitative estimate of drug-likeness (QED) is 0.287. The fourth-order valence-electron chi connectivity index (χ4n) is 6.58. The van der Waals surface area contributed by atoms with E-state index in [0.29, 0.717) is 45.4 Å². The van der Waals surface area contributed by atoms with E-state index >= 15 is 0 Å². The number of hydrogen-bond donors (Lipinski definition) is 1. The summed E-state index contributed by atoms with van der Waals surface area (Å²) in [5.74, 6) is 0.111. The standard InChI is InChI=1S/C28H25BrClN3O5/c1-37-23-14-17(13-20(29)25(23)38-15-16-8-10-18(30)11-9-16)24-22-7-4-12-32(22)28(26(24)33(35)36)19-5-2-3-6-21(19)31-27(28)34/h2-3,5-6,8-11,13-14,22,24,26H,4,7,12,15H2,1H3,(H,31,34)/t22-,24+,26+,28+/m0/s1. The van der Waals surface area contributed by atoms with Crippen molar-refractivity contribution in [1.29, 1.82) is 0 Å². The number of methoxy groups -OCH3 is 1. The monoisotopic (exact) mass is 597 g/mol. The lowest BCUT2D eigenvalue weighted by Crippen LogP contribution is -2.55. The van der Waals surface area contributed by atoms with Crippen LogP contribution in [-0.4, -0.2) is 41.5 Å². The number of nitrogens with one attached hydrogen (secondary N) is 1. The molecule has 38 heavy (non-hydrogen) atoms. The third-order valence-corrected chi connectivity index (χ3v) is 8.87. The van der Waals surface area contributed by atoms with Crippen LogP contribution >= 0.6 is 27.5 Å². The van der Waals surface area contributed by atoms with Gasteiger partial charge in [-0.3, -0.25) is 19.8 Å². The molecule has 3 aromatic rings. The normalized spacial score (nSPS) is 25.8. The number of para-hydroxylation sites is 1. The molecule has 1 spiro atoms. The molecular weight excluding hydrogens is 574 g/mol. The first-order chi connectivity index (χ1) is 18.4. The molecule has 3 aromatic carbocycles. The molecule has 0 bridgehead atoms. The van der Waals surface area contributed by atoms with Crippen LogP contribution in [0.1, 0.15) is 35.4 Å². The van der Waals surface area contributed by atoms with Gasteiger partial charge in [0.1, 0.15) is 6.61 Å². The van der Waals surface area contributed by atoms with E-state index in [2.05, 4.69) is 26.1 Å². The molecule has 6 rings (SSSR count). The molecule has 2 fully saturated rings. The number of fused-ring (bicyclic) bond motifs is 4. The second-order valence-electron chi connectivity index (χ2n) is 9.87. The number of nitrogens with zero attached hydrogens (tertiary/aromatic N) is 2. The Bertz CT molecular complexity index is 1430. The molecule has 3 aliphatic heterocycles. The first kappa shape index (κ1) is 25.2. The van der Waals surface area contributed by atoms with E-state index < -0.39 is 17.5 Å². The molecule has 0 radical (unpaired) electrons. The number of nitro groups is 1. The summed E-state index contributed by atoms with van der Waals surface area (Å²) in [6.07, 6.45) is 1.63. The second kappa shape index (κ2) is 9.55. The summed E-state index contributed by atoms with van der Waals surface area (Å²) < 4.78 is 12.4. The van der Waals surface area contributed by atoms with Crippen molar-refractivity contribution >= 4 is 39.1 Å². The maximum Gasteiger partial charge on any atom is 0.256 e. The van der Waals surface area contributed by atoms with Crippen LogP contribution < -0.4 is 14.8 Å². The first-order valence-electron chi connectivity index (χ1n) is 12.4. The SMILES string of the molecule is COc1cc([C@@H]2[C@@H]3CCCN3[C@@]3(C(=O)Nc4ccccc43)[C@@H]2[N+](=O)[O-])cc(Br)c1OCc1ccc(Cl)cc1. The zero-order valence-electron chi connectivity index (χ0n) is 20.5. The van der Waals surface area contributed by atoms with Gasteiger partial charge >= 0.3 is 0 Å². The van der Waals surface area contributed by atoms with Crippen molar-refractivity contribution in [2.45, 2.75) is 43.0 Å². The molecule has 0 saturated carbocycles.